The van der Waals surface area contributed by atoms with E-state index in [-0.39, 0.29) is 0 Å². The summed E-state index contributed by atoms with van der Waals surface area (Å²) in [6, 6.07) is 8.50. The fourth-order valence-electron chi connectivity index (χ4n) is 3.69. The second-order valence-electron chi connectivity index (χ2n) is 7.45. The van der Waals surface area contributed by atoms with Gasteiger partial charge in [-0.1, -0.05) is 6.07 Å². The van der Waals surface area contributed by atoms with Crippen LogP contribution in [0.3, 0.4) is 0 Å². The van der Waals surface area contributed by atoms with Gasteiger partial charge in [0.05, 0.1) is 17.6 Å². The van der Waals surface area contributed by atoms with Gasteiger partial charge < -0.3 is 16.8 Å². The summed E-state index contributed by atoms with van der Waals surface area (Å²) in [7, 11) is 0. The predicted molar refractivity (Wildman–Crippen MR) is 106 cm³/mol. The van der Waals surface area contributed by atoms with Gasteiger partial charge in [0.1, 0.15) is 5.82 Å². The van der Waals surface area contributed by atoms with E-state index in [1.54, 1.807) is 4.52 Å². The number of benzene rings is 1. The molecule has 0 saturated heterocycles. The van der Waals surface area contributed by atoms with Gasteiger partial charge in [-0.3, -0.25) is 0 Å². The van der Waals surface area contributed by atoms with E-state index in [0.29, 0.717) is 17.8 Å². The van der Waals surface area contributed by atoms with Gasteiger partial charge in [0.2, 0.25) is 0 Å². The molecule has 0 amide bonds. The lowest BCUT2D eigenvalue weighted by atomic mass is 9.85. The Balaban J connectivity index is 1.68. The number of hydrogen-bond donors (Lipinski definition) is 3. The molecule has 0 radical (unpaired) electrons. The highest BCUT2D eigenvalue weighted by Gasteiger charge is 2.23. The fraction of sp³-hybridized carbons (Fsp3) is 0.400. The average molecular weight is 350 g/mol. The van der Waals surface area contributed by atoms with Crippen LogP contribution in [0.4, 0.5) is 17.2 Å². The number of rotatable bonds is 3. The van der Waals surface area contributed by atoms with E-state index in [2.05, 4.69) is 42.5 Å². The van der Waals surface area contributed by atoms with Gasteiger partial charge in [-0.05, 0) is 62.8 Å². The number of nitrogens with one attached hydrogen (secondary N) is 1. The summed E-state index contributed by atoms with van der Waals surface area (Å²) < 4.78 is 1.79. The first kappa shape index (κ1) is 16.8. The van der Waals surface area contributed by atoms with Crippen LogP contribution in [0.15, 0.2) is 30.5 Å². The van der Waals surface area contributed by atoms with Crippen LogP contribution < -0.4 is 16.8 Å². The van der Waals surface area contributed by atoms with Crippen molar-refractivity contribution in [3.63, 3.8) is 0 Å². The molecule has 4 rings (SSSR count). The van der Waals surface area contributed by atoms with Crippen molar-refractivity contribution in [2.75, 3.05) is 11.1 Å². The molecule has 0 atom stereocenters. The quantitative estimate of drug-likeness (QED) is 0.670. The highest BCUT2D eigenvalue weighted by molar-refractivity contribution is 5.76. The van der Waals surface area contributed by atoms with Crippen LogP contribution in [0.1, 0.15) is 48.4 Å². The highest BCUT2D eigenvalue weighted by Crippen LogP contribution is 2.33. The molecular weight excluding hydrogens is 324 g/mol. The Kier molecular flexibility index (Phi) is 4.28. The zero-order valence-corrected chi connectivity index (χ0v) is 15.4. The van der Waals surface area contributed by atoms with E-state index in [9.17, 15) is 0 Å². The molecule has 0 aliphatic heterocycles. The number of nitrogens with zero attached hydrogens (tertiary/aromatic N) is 3. The summed E-state index contributed by atoms with van der Waals surface area (Å²) in [5, 5.41) is 7.86. The van der Waals surface area contributed by atoms with E-state index in [4.69, 9.17) is 16.5 Å². The van der Waals surface area contributed by atoms with Crippen LogP contribution >= 0.6 is 0 Å². The molecule has 6 heteroatoms. The van der Waals surface area contributed by atoms with Crippen molar-refractivity contribution in [3.8, 4) is 0 Å². The van der Waals surface area contributed by atoms with Gasteiger partial charge in [-0.15, -0.1) is 5.10 Å². The Bertz CT molecular complexity index is 937. The number of aryl methyl sites for hydroxylation is 2. The summed E-state index contributed by atoms with van der Waals surface area (Å²) in [5.41, 5.74) is 18.4. The van der Waals surface area contributed by atoms with E-state index in [1.807, 2.05) is 12.3 Å². The highest BCUT2D eigenvalue weighted by atomic mass is 15.3. The Morgan fingerprint density at radius 1 is 1.08 bits per heavy atom. The van der Waals surface area contributed by atoms with Crippen molar-refractivity contribution < 1.29 is 0 Å². The predicted octanol–water partition coefficient (Wildman–Crippen LogP) is 3.66. The van der Waals surface area contributed by atoms with Crippen LogP contribution in [0.25, 0.3) is 5.65 Å². The molecule has 0 unspecified atom stereocenters. The van der Waals surface area contributed by atoms with Crippen molar-refractivity contribution in [1.29, 1.82) is 0 Å². The van der Waals surface area contributed by atoms with Crippen LogP contribution in [0, 0.1) is 13.8 Å². The number of aromatic nitrogens is 3. The molecule has 2 aromatic heterocycles. The molecule has 136 valence electrons. The van der Waals surface area contributed by atoms with Crippen molar-refractivity contribution in [3.05, 3.63) is 47.3 Å². The Morgan fingerprint density at radius 3 is 2.58 bits per heavy atom. The maximum absolute atomic E-state index is 6.04. The molecule has 0 bridgehead atoms. The summed E-state index contributed by atoms with van der Waals surface area (Å²) in [4.78, 5) is 4.88. The topological polar surface area (TPSA) is 94.3 Å². The lowest BCUT2D eigenvalue weighted by Gasteiger charge is -2.24. The maximum atomic E-state index is 6.04. The van der Waals surface area contributed by atoms with E-state index in [1.165, 1.54) is 11.1 Å². The lowest BCUT2D eigenvalue weighted by Crippen LogP contribution is -2.25. The third-order valence-corrected chi connectivity index (χ3v) is 5.44. The van der Waals surface area contributed by atoms with Crippen LogP contribution in [-0.4, -0.2) is 20.6 Å². The summed E-state index contributed by atoms with van der Waals surface area (Å²) in [5.74, 6) is 0.922. The first-order valence-corrected chi connectivity index (χ1v) is 9.25. The van der Waals surface area contributed by atoms with Gasteiger partial charge in [0.25, 0.3) is 0 Å². The first-order valence-electron chi connectivity index (χ1n) is 9.25. The van der Waals surface area contributed by atoms with Gasteiger partial charge in [-0.2, -0.15) is 0 Å². The smallest absolute Gasteiger partial charge is 0.177 e. The fourth-order valence-corrected chi connectivity index (χ4v) is 3.69. The molecule has 5 N–H and O–H groups in total. The standard InChI is InChI=1S/C20H26N6/c1-12-3-8-16(9-13(12)2)23-17-10-19(22)25-26-11-18(24-20(17)26)14-4-6-15(21)7-5-14/h3,8-11,14-15,23H,4-7,21H2,1-2H3,(H2,22,25). The zero-order chi connectivity index (χ0) is 18.3. The zero-order valence-electron chi connectivity index (χ0n) is 15.4. The number of nitrogen functional groups attached to an aromatic ring is 1. The molecule has 1 saturated carbocycles. The average Bonchev–Trinajstić information content (AvgIpc) is 3.03. The van der Waals surface area contributed by atoms with Gasteiger partial charge in [0, 0.05) is 23.7 Å². The number of nitrogens with two attached hydrogens (primary N) is 2. The second kappa shape index (κ2) is 6.61. The van der Waals surface area contributed by atoms with Gasteiger partial charge >= 0.3 is 0 Å². The Labute approximate surface area is 153 Å². The monoisotopic (exact) mass is 350 g/mol. The molecular formula is C20H26N6. The lowest BCUT2D eigenvalue weighted by molar-refractivity contribution is 0.391. The number of anilines is 3. The SMILES string of the molecule is Cc1ccc(Nc2cc(N)nn3cc(C4CCC(N)CC4)nc23)cc1C. The molecule has 1 aromatic carbocycles. The minimum absolute atomic E-state index is 0.332. The Hall–Kier alpha value is -2.60. The molecule has 1 aliphatic rings. The van der Waals surface area contributed by atoms with E-state index >= 15 is 0 Å². The number of hydrogen-bond acceptors (Lipinski definition) is 5. The van der Waals surface area contributed by atoms with Crippen LogP contribution in [0.5, 0.6) is 0 Å². The van der Waals surface area contributed by atoms with Crippen LogP contribution in [-0.2, 0) is 0 Å². The van der Waals surface area contributed by atoms with E-state index < -0.39 is 0 Å². The van der Waals surface area contributed by atoms with Gasteiger partial charge in [-0.25, -0.2) is 9.50 Å². The van der Waals surface area contributed by atoms with Crippen molar-refractivity contribution in [1.82, 2.24) is 14.6 Å². The third-order valence-electron chi connectivity index (χ3n) is 5.44. The van der Waals surface area contributed by atoms with Crippen molar-refractivity contribution >= 4 is 22.8 Å². The maximum Gasteiger partial charge on any atom is 0.177 e. The molecule has 26 heavy (non-hydrogen) atoms. The normalized spacial score (nSPS) is 20.4. The number of imidazole rings is 1. The second-order valence-corrected chi connectivity index (χ2v) is 7.45. The molecule has 3 aromatic rings. The summed E-state index contributed by atoms with van der Waals surface area (Å²) in [6.07, 6.45) is 6.30. The molecule has 6 nitrogen and oxygen atoms in total. The molecule has 0 spiro atoms. The van der Waals surface area contributed by atoms with Gasteiger partial charge in [0.15, 0.2) is 5.65 Å². The molecule has 1 aliphatic carbocycles. The minimum atomic E-state index is 0.332. The van der Waals surface area contributed by atoms with Crippen molar-refractivity contribution in [2.24, 2.45) is 5.73 Å². The Morgan fingerprint density at radius 2 is 1.85 bits per heavy atom. The largest absolute Gasteiger partial charge is 0.382 e. The van der Waals surface area contributed by atoms with E-state index in [0.717, 1.165) is 48.4 Å². The van der Waals surface area contributed by atoms with Crippen LogP contribution in [0.2, 0.25) is 0 Å². The summed E-state index contributed by atoms with van der Waals surface area (Å²) >= 11 is 0. The summed E-state index contributed by atoms with van der Waals surface area (Å²) in [6.45, 7) is 4.22. The molecule has 1 fully saturated rings. The minimum Gasteiger partial charge on any atom is -0.382 e. The third kappa shape index (κ3) is 3.24. The first-order chi connectivity index (χ1) is 12.5. The van der Waals surface area contributed by atoms with Crippen molar-refractivity contribution in [2.45, 2.75) is 51.5 Å². The molecule has 2 heterocycles. The number of fused-ring (bicyclic) bond motifs is 1.